The average molecular weight is 363 g/mol. The van der Waals surface area contributed by atoms with Crippen molar-refractivity contribution < 1.29 is 9.18 Å². The topological polar surface area (TPSA) is 54.0 Å². The van der Waals surface area contributed by atoms with Crippen molar-refractivity contribution in [3.63, 3.8) is 0 Å². The van der Waals surface area contributed by atoms with Gasteiger partial charge in [0.1, 0.15) is 11.5 Å². The lowest BCUT2D eigenvalue weighted by Gasteiger charge is -2.13. The van der Waals surface area contributed by atoms with Crippen LogP contribution in [0.4, 0.5) is 15.8 Å². The number of hydrogen-bond donors (Lipinski definition) is 2. The second-order valence-electron chi connectivity index (χ2n) is 6.61. The maximum atomic E-state index is 12.9. The molecule has 138 valence electrons. The summed E-state index contributed by atoms with van der Waals surface area (Å²) in [5.41, 5.74) is 3.99. The Hall–Kier alpha value is -3.21. The summed E-state index contributed by atoms with van der Waals surface area (Å²) in [5, 5.41) is 6.14. The standard InChI is InChI=1S/C22H22FN3O/c1-15(2)19-5-3-4-6-20(19)26-22(27)21-12-11-18(14-25-21)24-13-16-7-9-17(23)10-8-16/h3-12,14-15,24H,13H2,1-2H3,(H,26,27). The van der Waals surface area contributed by atoms with E-state index in [0.29, 0.717) is 18.2 Å². The average Bonchev–Trinajstić information content (AvgIpc) is 2.68. The fraction of sp³-hybridized carbons (Fsp3) is 0.182. The fourth-order valence-corrected chi connectivity index (χ4v) is 2.74. The van der Waals surface area contributed by atoms with Crippen LogP contribution in [-0.4, -0.2) is 10.9 Å². The summed E-state index contributed by atoms with van der Waals surface area (Å²) in [4.78, 5) is 16.7. The van der Waals surface area contributed by atoms with Gasteiger partial charge < -0.3 is 10.6 Å². The van der Waals surface area contributed by atoms with Crippen LogP contribution in [0.1, 0.15) is 41.4 Å². The predicted octanol–water partition coefficient (Wildman–Crippen LogP) is 5.21. The molecule has 4 nitrogen and oxygen atoms in total. The number of nitrogens with zero attached hydrogens (tertiary/aromatic N) is 1. The minimum absolute atomic E-state index is 0.242. The van der Waals surface area contributed by atoms with E-state index >= 15 is 0 Å². The van der Waals surface area contributed by atoms with Gasteiger partial charge in [-0.2, -0.15) is 0 Å². The first-order valence-corrected chi connectivity index (χ1v) is 8.87. The molecule has 1 amide bonds. The van der Waals surface area contributed by atoms with Crippen LogP contribution in [0.2, 0.25) is 0 Å². The van der Waals surface area contributed by atoms with Crippen molar-refractivity contribution in [1.82, 2.24) is 4.98 Å². The summed E-state index contributed by atoms with van der Waals surface area (Å²) in [6.45, 7) is 4.73. The van der Waals surface area contributed by atoms with E-state index < -0.39 is 0 Å². The second-order valence-corrected chi connectivity index (χ2v) is 6.61. The maximum absolute atomic E-state index is 12.9. The van der Waals surface area contributed by atoms with Crippen LogP contribution in [0.25, 0.3) is 0 Å². The zero-order chi connectivity index (χ0) is 19.2. The van der Waals surface area contributed by atoms with Gasteiger partial charge in [-0.25, -0.2) is 9.37 Å². The molecule has 5 heteroatoms. The summed E-state index contributed by atoms with van der Waals surface area (Å²) < 4.78 is 12.9. The first kappa shape index (κ1) is 18.6. The number of nitrogens with one attached hydrogen (secondary N) is 2. The summed E-state index contributed by atoms with van der Waals surface area (Å²) in [5.74, 6) is -0.185. The van der Waals surface area contributed by atoms with E-state index in [1.807, 2.05) is 24.3 Å². The number of pyridine rings is 1. The molecule has 0 saturated carbocycles. The molecule has 0 aliphatic heterocycles. The lowest BCUT2D eigenvalue weighted by molar-refractivity contribution is 0.102. The highest BCUT2D eigenvalue weighted by atomic mass is 19.1. The zero-order valence-electron chi connectivity index (χ0n) is 15.4. The minimum Gasteiger partial charge on any atom is -0.380 e. The molecule has 0 spiro atoms. The van der Waals surface area contributed by atoms with Gasteiger partial charge in [-0.05, 0) is 47.4 Å². The molecule has 3 rings (SSSR count). The number of amides is 1. The third-order valence-electron chi connectivity index (χ3n) is 4.24. The SMILES string of the molecule is CC(C)c1ccccc1NC(=O)c1ccc(NCc2ccc(F)cc2)cn1. The second kappa shape index (κ2) is 8.45. The molecule has 0 aliphatic carbocycles. The van der Waals surface area contributed by atoms with Crippen LogP contribution in [0.15, 0.2) is 66.9 Å². The summed E-state index contributed by atoms with van der Waals surface area (Å²) in [6, 6.07) is 17.6. The van der Waals surface area contributed by atoms with Crippen LogP contribution < -0.4 is 10.6 Å². The largest absolute Gasteiger partial charge is 0.380 e. The molecule has 2 N–H and O–H groups in total. The number of aromatic nitrogens is 1. The van der Waals surface area contributed by atoms with E-state index in [2.05, 4.69) is 29.5 Å². The minimum atomic E-state index is -0.255. The van der Waals surface area contributed by atoms with E-state index in [1.54, 1.807) is 30.5 Å². The van der Waals surface area contributed by atoms with Crippen LogP contribution in [0, 0.1) is 5.82 Å². The molecule has 0 radical (unpaired) electrons. The van der Waals surface area contributed by atoms with Gasteiger partial charge in [0, 0.05) is 12.2 Å². The van der Waals surface area contributed by atoms with Crippen molar-refractivity contribution in [2.45, 2.75) is 26.3 Å². The summed E-state index contributed by atoms with van der Waals surface area (Å²) >= 11 is 0. The third-order valence-corrected chi connectivity index (χ3v) is 4.24. The summed E-state index contributed by atoms with van der Waals surface area (Å²) in [7, 11) is 0. The number of para-hydroxylation sites is 1. The number of carbonyl (C=O) groups is 1. The van der Waals surface area contributed by atoms with Crippen LogP contribution in [-0.2, 0) is 6.54 Å². The zero-order valence-corrected chi connectivity index (χ0v) is 15.4. The Morgan fingerprint density at radius 1 is 1.04 bits per heavy atom. The lowest BCUT2D eigenvalue weighted by Crippen LogP contribution is -2.15. The van der Waals surface area contributed by atoms with Gasteiger partial charge in [0.15, 0.2) is 0 Å². The molecule has 0 unspecified atom stereocenters. The highest BCUT2D eigenvalue weighted by Crippen LogP contribution is 2.24. The molecule has 2 aromatic carbocycles. The summed E-state index contributed by atoms with van der Waals surface area (Å²) in [6.07, 6.45) is 1.62. The smallest absolute Gasteiger partial charge is 0.274 e. The van der Waals surface area contributed by atoms with E-state index in [1.165, 1.54) is 12.1 Å². The van der Waals surface area contributed by atoms with Gasteiger partial charge in [0.2, 0.25) is 0 Å². The van der Waals surface area contributed by atoms with E-state index in [9.17, 15) is 9.18 Å². The molecule has 27 heavy (non-hydrogen) atoms. The van der Waals surface area contributed by atoms with Crippen molar-refractivity contribution in [1.29, 1.82) is 0 Å². The van der Waals surface area contributed by atoms with Crippen molar-refractivity contribution in [2.24, 2.45) is 0 Å². The Kier molecular flexibility index (Phi) is 5.81. The predicted molar refractivity (Wildman–Crippen MR) is 106 cm³/mol. The maximum Gasteiger partial charge on any atom is 0.274 e. The number of halogens is 1. The van der Waals surface area contributed by atoms with Gasteiger partial charge in [-0.1, -0.05) is 44.2 Å². The molecular weight excluding hydrogens is 341 g/mol. The molecule has 1 aromatic heterocycles. The highest BCUT2D eigenvalue weighted by Gasteiger charge is 2.11. The van der Waals surface area contributed by atoms with Crippen molar-refractivity contribution in [3.8, 4) is 0 Å². The first-order valence-electron chi connectivity index (χ1n) is 8.87. The fourth-order valence-electron chi connectivity index (χ4n) is 2.74. The van der Waals surface area contributed by atoms with Crippen molar-refractivity contribution >= 4 is 17.3 Å². The number of rotatable bonds is 6. The Balaban J connectivity index is 1.63. The third kappa shape index (κ3) is 4.91. The molecule has 3 aromatic rings. The molecule has 0 saturated heterocycles. The Morgan fingerprint density at radius 3 is 2.44 bits per heavy atom. The van der Waals surface area contributed by atoms with Gasteiger partial charge in [-0.3, -0.25) is 4.79 Å². The molecular formula is C22H22FN3O. The molecule has 1 heterocycles. The Labute approximate surface area is 158 Å². The van der Waals surface area contributed by atoms with Crippen molar-refractivity contribution in [2.75, 3.05) is 10.6 Å². The first-order chi connectivity index (χ1) is 13.0. The molecule has 0 fully saturated rings. The van der Waals surface area contributed by atoms with Crippen LogP contribution in [0.3, 0.4) is 0 Å². The normalized spacial score (nSPS) is 10.7. The van der Waals surface area contributed by atoms with Gasteiger partial charge in [-0.15, -0.1) is 0 Å². The number of hydrogen-bond acceptors (Lipinski definition) is 3. The van der Waals surface area contributed by atoms with E-state index in [4.69, 9.17) is 0 Å². The number of carbonyl (C=O) groups excluding carboxylic acids is 1. The quantitative estimate of drug-likeness (QED) is 0.632. The van der Waals surface area contributed by atoms with E-state index in [0.717, 1.165) is 22.5 Å². The van der Waals surface area contributed by atoms with Gasteiger partial charge >= 0.3 is 0 Å². The molecule has 0 atom stereocenters. The Bertz CT molecular complexity index is 906. The van der Waals surface area contributed by atoms with Gasteiger partial charge in [0.25, 0.3) is 5.91 Å². The van der Waals surface area contributed by atoms with Crippen LogP contribution in [0.5, 0.6) is 0 Å². The molecule has 0 bridgehead atoms. The van der Waals surface area contributed by atoms with Crippen molar-refractivity contribution in [3.05, 3.63) is 89.5 Å². The molecule has 0 aliphatic rings. The highest BCUT2D eigenvalue weighted by molar-refractivity contribution is 6.03. The van der Waals surface area contributed by atoms with Gasteiger partial charge in [0.05, 0.1) is 11.9 Å². The number of benzene rings is 2. The number of anilines is 2. The van der Waals surface area contributed by atoms with E-state index in [-0.39, 0.29) is 11.7 Å². The monoisotopic (exact) mass is 363 g/mol. The van der Waals surface area contributed by atoms with Crippen LogP contribution >= 0.6 is 0 Å². The lowest BCUT2D eigenvalue weighted by atomic mass is 10.0. The Morgan fingerprint density at radius 2 is 1.78 bits per heavy atom.